The Morgan fingerprint density at radius 1 is 1.62 bits per heavy atom. The van der Waals surface area contributed by atoms with Gasteiger partial charge in [0.05, 0.1) is 12.2 Å². The molecular weight excluding hydrogens is 160 g/mol. The number of aromatic nitrogens is 2. The van der Waals surface area contributed by atoms with E-state index in [1.807, 2.05) is 6.20 Å². The molecule has 1 aliphatic rings. The highest BCUT2D eigenvalue weighted by atomic mass is 15.3. The van der Waals surface area contributed by atoms with E-state index in [1.165, 1.54) is 31.2 Å². The van der Waals surface area contributed by atoms with Gasteiger partial charge >= 0.3 is 0 Å². The van der Waals surface area contributed by atoms with E-state index in [0.717, 1.165) is 6.04 Å². The van der Waals surface area contributed by atoms with Gasteiger partial charge in [0.25, 0.3) is 0 Å². The van der Waals surface area contributed by atoms with Crippen LogP contribution in [0.25, 0.3) is 0 Å². The zero-order valence-electron chi connectivity index (χ0n) is 8.53. The Kier molecular flexibility index (Phi) is 2.38. The Morgan fingerprint density at radius 3 is 3.00 bits per heavy atom. The van der Waals surface area contributed by atoms with Crippen molar-refractivity contribution in [2.75, 3.05) is 0 Å². The molecule has 2 heteroatoms. The molecule has 0 aliphatic heterocycles. The lowest BCUT2D eigenvalue weighted by atomic mass is 10.0. The van der Waals surface area contributed by atoms with Gasteiger partial charge in [-0.25, -0.2) is 0 Å². The van der Waals surface area contributed by atoms with Gasteiger partial charge in [0.15, 0.2) is 0 Å². The molecule has 1 aromatic heterocycles. The third-order valence-electron chi connectivity index (χ3n) is 2.83. The van der Waals surface area contributed by atoms with Crippen molar-refractivity contribution in [1.82, 2.24) is 9.78 Å². The van der Waals surface area contributed by atoms with Gasteiger partial charge < -0.3 is 0 Å². The largest absolute Gasteiger partial charge is 0.269 e. The van der Waals surface area contributed by atoms with Gasteiger partial charge in [-0.1, -0.05) is 20.3 Å². The van der Waals surface area contributed by atoms with Gasteiger partial charge in [0.1, 0.15) is 0 Å². The van der Waals surface area contributed by atoms with Crippen LogP contribution in [0.4, 0.5) is 0 Å². The van der Waals surface area contributed by atoms with Crippen molar-refractivity contribution in [1.29, 1.82) is 0 Å². The fourth-order valence-electron chi connectivity index (χ4n) is 1.75. The second-order valence-electron chi connectivity index (χ2n) is 4.17. The lowest BCUT2D eigenvalue weighted by molar-refractivity contribution is 0.634. The first kappa shape index (κ1) is 8.79. The van der Waals surface area contributed by atoms with Crippen LogP contribution in [0.3, 0.4) is 0 Å². The Hall–Kier alpha value is -0.790. The molecule has 1 saturated carbocycles. The third-order valence-corrected chi connectivity index (χ3v) is 2.83. The summed E-state index contributed by atoms with van der Waals surface area (Å²) in [6, 6.07) is 0.725. The predicted molar refractivity (Wildman–Crippen MR) is 53.8 cm³/mol. The molecule has 13 heavy (non-hydrogen) atoms. The van der Waals surface area contributed by atoms with Crippen LogP contribution in [-0.2, 0) is 0 Å². The van der Waals surface area contributed by atoms with Crippen LogP contribution in [-0.4, -0.2) is 9.78 Å². The summed E-state index contributed by atoms with van der Waals surface area (Å²) in [4.78, 5) is 0. The average molecular weight is 178 g/mol. The van der Waals surface area contributed by atoms with Crippen LogP contribution in [0.1, 0.15) is 57.1 Å². The quantitative estimate of drug-likeness (QED) is 0.692. The molecule has 1 heterocycles. The molecule has 0 spiro atoms. The zero-order valence-corrected chi connectivity index (χ0v) is 8.53. The normalized spacial score (nSPS) is 18.9. The maximum atomic E-state index is 4.40. The van der Waals surface area contributed by atoms with E-state index in [0.29, 0.717) is 5.92 Å². The molecule has 1 fully saturated rings. The molecule has 0 radical (unpaired) electrons. The summed E-state index contributed by atoms with van der Waals surface area (Å²) in [5.41, 5.74) is 1.41. The van der Waals surface area contributed by atoms with Gasteiger partial charge in [-0.2, -0.15) is 5.10 Å². The topological polar surface area (TPSA) is 17.8 Å². The molecule has 0 bridgehead atoms. The van der Waals surface area contributed by atoms with Gasteiger partial charge in [-0.05, 0) is 30.7 Å². The molecule has 0 N–H and O–H groups in total. The average Bonchev–Trinajstić information content (AvgIpc) is 2.84. The molecule has 0 amide bonds. The molecule has 0 aromatic carbocycles. The van der Waals surface area contributed by atoms with Crippen LogP contribution in [0, 0.1) is 0 Å². The second-order valence-corrected chi connectivity index (χ2v) is 4.17. The van der Waals surface area contributed by atoms with E-state index in [-0.39, 0.29) is 0 Å². The van der Waals surface area contributed by atoms with E-state index >= 15 is 0 Å². The Bertz CT molecular complexity index is 273. The van der Waals surface area contributed by atoms with Crippen molar-refractivity contribution in [2.24, 2.45) is 0 Å². The smallest absolute Gasteiger partial charge is 0.0524 e. The lowest BCUT2D eigenvalue weighted by Gasteiger charge is -2.05. The summed E-state index contributed by atoms with van der Waals surface area (Å²) in [5.74, 6) is 0.678. The fourth-order valence-corrected chi connectivity index (χ4v) is 1.75. The van der Waals surface area contributed by atoms with Gasteiger partial charge in [-0.3, -0.25) is 4.68 Å². The summed E-state index contributed by atoms with van der Waals surface area (Å²) in [5, 5.41) is 4.40. The number of hydrogen-bond acceptors (Lipinski definition) is 1. The summed E-state index contributed by atoms with van der Waals surface area (Å²) in [6.45, 7) is 4.53. The molecule has 2 nitrogen and oxygen atoms in total. The molecular formula is C11H18N2. The molecule has 1 unspecified atom stereocenters. The highest BCUT2D eigenvalue weighted by molar-refractivity contribution is 5.11. The number of rotatable bonds is 4. The summed E-state index contributed by atoms with van der Waals surface area (Å²) >= 11 is 0. The summed E-state index contributed by atoms with van der Waals surface area (Å²) in [7, 11) is 0. The lowest BCUT2D eigenvalue weighted by Crippen LogP contribution is -1.93. The summed E-state index contributed by atoms with van der Waals surface area (Å²) in [6.07, 6.45) is 9.45. The maximum absolute atomic E-state index is 4.40. The molecule has 2 rings (SSSR count). The molecule has 1 atom stereocenters. The zero-order chi connectivity index (χ0) is 9.26. The minimum atomic E-state index is 0.678. The van der Waals surface area contributed by atoms with Crippen LogP contribution in [0.5, 0.6) is 0 Å². The number of nitrogens with zero attached hydrogens (tertiary/aromatic N) is 2. The van der Waals surface area contributed by atoms with Crippen molar-refractivity contribution in [3.8, 4) is 0 Å². The minimum absolute atomic E-state index is 0.678. The fraction of sp³-hybridized carbons (Fsp3) is 0.727. The van der Waals surface area contributed by atoms with E-state index in [9.17, 15) is 0 Å². The van der Waals surface area contributed by atoms with E-state index in [2.05, 4.69) is 29.8 Å². The van der Waals surface area contributed by atoms with Crippen molar-refractivity contribution in [3.63, 3.8) is 0 Å². The first-order valence-corrected chi connectivity index (χ1v) is 5.35. The highest BCUT2D eigenvalue weighted by Crippen LogP contribution is 2.34. The molecule has 1 aromatic rings. The van der Waals surface area contributed by atoms with Crippen LogP contribution >= 0.6 is 0 Å². The Labute approximate surface area is 80.0 Å². The van der Waals surface area contributed by atoms with Gasteiger partial charge in [0, 0.05) is 6.20 Å². The standard InChI is InChI=1S/C11H18N2/c1-3-4-9(2)10-7-12-13(8-10)11-5-6-11/h7-9,11H,3-6H2,1-2H3. The number of hydrogen-bond donors (Lipinski definition) is 0. The van der Waals surface area contributed by atoms with E-state index in [4.69, 9.17) is 0 Å². The minimum Gasteiger partial charge on any atom is -0.269 e. The first-order valence-electron chi connectivity index (χ1n) is 5.35. The Balaban J connectivity index is 2.03. The maximum Gasteiger partial charge on any atom is 0.0524 e. The second kappa shape index (κ2) is 3.52. The summed E-state index contributed by atoms with van der Waals surface area (Å²) < 4.78 is 2.14. The van der Waals surface area contributed by atoms with Crippen molar-refractivity contribution >= 4 is 0 Å². The Morgan fingerprint density at radius 2 is 2.38 bits per heavy atom. The van der Waals surface area contributed by atoms with Crippen LogP contribution in [0.2, 0.25) is 0 Å². The van der Waals surface area contributed by atoms with E-state index < -0.39 is 0 Å². The van der Waals surface area contributed by atoms with E-state index in [1.54, 1.807) is 0 Å². The van der Waals surface area contributed by atoms with Crippen LogP contribution < -0.4 is 0 Å². The molecule has 72 valence electrons. The highest BCUT2D eigenvalue weighted by Gasteiger charge is 2.24. The molecule has 1 aliphatic carbocycles. The van der Waals surface area contributed by atoms with Crippen molar-refractivity contribution in [3.05, 3.63) is 18.0 Å². The SMILES string of the molecule is CCCC(C)c1cnn(C2CC2)c1. The van der Waals surface area contributed by atoms with Crippen molar-refractivity contribution < 1.29 is 0 Å². The molecule has 0 saturated heterocycles. The monoisotopic (exact) mass is 178 g/mol. The van der Waals surface area contributed by atoms with Crippen molar-refractivity contribution in [2.45, 2.75) is 51.5 Å². The third kappa shape index (κ3) is 1.93. The van der Waals surface area contributed by atoms with Gasteiger partial charge in [-0.15, -0.1) is 0 Å². The van der Waals surface area contributed by atoms with Gasteiger partial charge in [0.2, 0.25) is 0 Å². The van der Waals surface area contributed by atoms with Crippen LogP contribution in [0.15, 0.2) is 12.4 Å². The first-order chi connectivity index (χ1) is 6.31. The predicted octanol–water partition coefficient (Wildman–Crippen LogP) is 3.12.